The summed E-state index contributed by atoms with van der Waals surface area (Å²) in [5.74, 6) is 1.71. The molecule has 6 heteroatoms. The summed E-state index contributed by atoms with van der Waals surface area (Å²) >= 11 is 0. The Hall–Kier alpha value is -2.37. The van der Waals surface area contributed by atoms with Crippen LogP contribution in [-0.4, -0.2) is 26.7 Å². The molecule has 2 saturated carbocycles. The van der Waals surface area contributed by atoms with Crippen molar-refractivity contribution in [2.24, 2.45) is 5.92 Å². The number of nitrogens with one attached hydrogen (secondary N) is 2. The zero-order chi connectivity index (χ0) is 18.3. The average Bonchev–Trinajstić information content (AvgIpc) is 3.13. The van der Waals surface area contributed by atoms with Crippen molar-refractivity contribution < 1.29 is 4.79 Å². The number of anilines is 2. The Morgan fingerprint density at radius 2 is 1.85 bits per heavy atom. The van der Waals surface area contributed by atoms with Crippen LogP contribution in [0.3, 0.4) is 0 Å². The van der Waals surface area contributed by atoms with Gasteiger partial charge < -0.3 is 5.32 Å². The Balaban J connectivity index is 1.48. The van der Waals surface area contributed by atoms with Gasteiger partial charge in [-0.05, 0) is 37.8 Å². The van der Waals surface area contributed by atoms with Gasteiger partial charge in [0, 0.05) is 17.5 Å². The maximum absolute atomic E-state index is 12.5. The second-order valence-corrected chi connectivity index (χ2v) is 8.30. The van der Waals surface area contributed by atoms with Crippen molar-refractivity contribution >= 4 is 17.8 Å². The van der Waals surface area contributed by atoms with E-state index in [0.717, 1.165) is 5.95 Å². The van der Waals surface area contributed by atoms with Gasteiger partial charge in [-0.25, -0.2) is 4.68 Å². The van der Waals surface area contributed by atoms with Gasteiger partial charge in [-0.15, -0.1) is 5.10 Å². The van der Waals surface area contributed by atoms with Gasteiger partial charge in [0.15, 0.2) is 0 Å². The number of carbonyl (C=O) groups is 1. The van der Waals surface area contributed by atoms with Gasteiger partial charge in [-0.3, -0.25) is 10.1 Å². The summed E-state index contributed by atoms with van der Waals surface area (Å²) in [5.41, 5.74) is 0.700. The van der Waals surface area contributed by atoms with E-state index in [-0.39, 0.29) is 11.4 Å². The number of amides is 1. The molecule has 2 N–H and O–H groups in total. The molecule has 1 amide bonds. The van der Waals surface area contributed by atoms with E-state index in [9.17, 15) is 4.79 Å². The number of benzene rings is 1. The van der Waals surface area contributed by atoms with E-state index in [4.69, 9.17) is 5.10 Å². The Labute approximate surface area is 159 Å². The van der Waals surface area contributed by atoms with Crippen LogP contribution in [0, 0.1) is 5.92 Å². The molecular formula is C21H27N5O. The molecule has 6 nitrogen and oxygen atoms in total. The van der Waals surface area contributed by atoms with Gasteiger partial charge in [0.2, 0.25) is 5.95 Å². The topological polar surface area (TPSA) is 71.8 Å². The first-order chi connectivity index (χ1) is 13.3. The van der Waals surface area contributed by atoms with Crippen LogP contribution in [0.15, 0.2) is 30.3 Å². The van der Waals surface area contributed by atoms with Crippen LogP contribution in [0.5, 0.6) is 0 Å². The van der Waals surface area contributed by atoms with E-state index in [1.54, 1.807) is 12.1 Å². The molecule has 2 atom stereocenters. The molecule has 1 aliphatic heterocycles. The molecule has 2 fully saturated rings. The van der Waals surface area contributed by atoms with E-state index in [2.05, 4.69) is 20.3 Å². The molecule has 0 bridgehead atoms. The Morgan fingerprint density at radius 1 is 1.07 bits per heavy atom. The smallest absolute Gasteiger partial charge is 0.258 e. The Kier molecular flexibility index (Phi) is 4.14. The fourth-order valence-corrected chi connectivity index (χ4v) is 5.55. The minimum atomic E-state index is -0.159. The van der Waals surface area contributed by atoms with Gasteiger partial charge >= 0.3 is 0 Å². The number of hydrogen-bond donors (Lipinski definition) is 2. The molecular weight excluding hydrogens is 338 g/mol. The van der Waals surface area contributed by atoms with Crippen LogP contribution in [-0.2, 0) is 5.54 Å². The standard InChI is InChI=1S/C21H27N5O/c27-18(15-9-3-1-4-10-15)23-19-24-20-22-17-12-6-5-11-16(17)21(26(20)25-19)13-7-2-8-14-21/h1,3-4,9-10,16-17H,2,5-8,11-14H2,(H2,22,23,24,25,27). The molecule has 1 spiro atoms. The lowest BCUT2D eigenvalue weighted by atomic mass is 9.64. The highest BCUT2D eigenvalue weighted by molar-refractivity contribution is 6.03. The lowest BCUT2D eigenvalue weighted by molar-refractivity contribution is 0.0455. The fraction of sp³-hybridized carbons (Fsp3) is 0.571. The van der Waals surface area contributed by atoms with Crippen molar-refractivity contribution in [2.45, 2.75) is 69.4 Å². The molecule has 0 saturated heterocycles. The molecule has 1 aromatic carbocycles. The fourth-order valence-electron chi connectivity index (χ4n) is 5.55. The van der Waals surface area contributed by atoms with E-state index in [0.29, 0.717) is 23.5 Å². The summed E-state index contributed by atoms with van der Waals surface area (Å²) in [6, 6.07) is 9.74. The van der Waals surface area contributed by atoms with Gasteiger partial charge in [-0.1, -0.05) is 50.3 Å². The van der Waals surface area contributed by atoms with Gasteiger partial charge in [0.1, 0.15) is 0 Å². The lowest BCUT2D eigenvalue weighted by Gasteiger charge is -2.52. The molecule has 142 valence electrons. The second kappa shape index (κ2) is 6.66. The third kappa shape index (κ3) is 2.82. The lowest BCUT2D eigenvalue weighted by Crippen LogP contribution is -2.55. The minimum Gasteiger partial charge on any atom is -0.351 e. The molecule has 27 heavy (non-hydrogen) atoms. The van der Waals surface area contributed by atoms with Crippen LogP contribution < -0.4 is 10.6 Å². The molecule has 3 aliphatic rings. The predicted octanol–water partition coefficient (Wildman–Crippen LogP) is 4.17. The van der Waals surface area contributed by atoms with Crippen LogP contribution in [0.2, 0.25) is 0 Å². The Bertz CT molecular complexity index is 824. The first-order valence-corrected chi connectivity index (χ1v) is 10.4. The van der Waals surface area contributed by atoms with E-state index in [1.807, 2.05) is 18.2 Å². The third-order valence-electron chi connectivity index (χ3n) is 6.78. The van der Waals surface area contributed by atoms with Crippen molar-refractivity contribution in [2.75, 3.05) is 10.6 Å². The van der Waals surface area contributed by atoms with E-state index >= 15 is 0 Å². The highest BCUT2D eigenvalue weighted by Gasteiger charge is 2.51. The molecule has 2 heterocycles. The predicted molar refractivity (Wildman–Crippen MR) is 105 cm³/mol. The second-order valence-electron chi connectivity index (χ2n) is 8.30. The van der Waals surface area contributed by atoms with Gasteiger partial charge in [0.05, 0.1) is 5.54 Å². The van der Waals surface area contributed by atoms with Crippen molar-refractivity contribution in [3.05, 3.63) is 35.9 Å². The monoisotopic (exact) mass is 365 g/mol. The first kappa shape index (κ1) is 16.8. The minimum absolute atomic E-state index is 0.0760. The quantitative estimate of drug-likeness (QED) is 0.838. The van der Waals surface area contributed by atoms with Crippen molar-refractivity contribution in [3.63, 3.8) is 0 Å². The number of aromatic nitrogens is 3. The average molecular weight is 365 g/mol. The first-order valence-electron chi connectivity index (χ1n) is 10.4. The summed E-state index contributed by atoms with van der Waals surface area (Å²) in [6.45, 7) is 0. The van der Waals surface area contributed by atoms with Gasteiger partial charge in [0.25, 0.3) is 11.9 Å². The molecule has 2 aromatic rings. The number of nitrogens with zero attached hydrogens (tertiary/aromatic N) is 3. The normalized spacial score (nSPS) is 25.9. The van der Waals surface area contributed by atoms with Crippen LogP contribution in [0.25, 0.3) is 0 Å². The largest absolute Gasteiger partial charge is 0.351 e. The zero-order valence-corrected chi connectivity index (χ0v) is 15.7. The summed E-state index contributed by atoms with van der Waals surface area (Å²) in [7, 11) is 0. The van der Waals surface area contributed by atoms with Crippen LogP contribution >= 0.6 is 0 Å². The molecule has 2 unspecified atom stereocenters. The maximum Gasteiger partial charge on any atom is 0.258 e. The molecule has 5 rings (SSSR count). The molecule has 1 aromatic heterocycles. The Morgan fingerprint density at radius 3 is 2.67 bits per heavy atom. The number of rotatable bonds is 2. The van der Waals surface area contributed by atoms with Crippen molar-refractivity contribution in [1.82, 2.24) is 14.8 Å². The summed E-state index contributed by atoms with van der Waals surface area (Å²) < 4.78 is 2.14. The molecule has 0 radical (unpaired) electrons. The van der Waals surface area contributed by atoms with Gasteiger partial charge in [-0.2, -0.15) is 4.98 Å². The van der Waals surface area contributed by atoms with E-state index in [1.165, 1.54) is 57.8 Å². The van der Waals surface area contributed by atoms with Crippen LogP contribution in [0.4, 0.5) is 11.9 Å². The summed E-state index contributed by atoms with van der Waals surface area (Å²) in [6.07, 6.45) is 11.3. The van der Waals surface area contributed by atoms with Crippen LogP contribution in [0.1, 0.15) is 68.1 Å². The van der Waals surface area contributed by atoms with Crippen molar-refractivity contribution in [1.29, 1.82) is 0 Å². The number of hydrogen-bond acceptors (Lipinski definition) is 4. The molecule has 2 aliphatic carbocycles. The van der Waals surface area contributed by atoms with E-state index < -0.39 is 0 Å². The highest BCUT2D eigenvalue weighted by atomic mass is 16.1. The maximum atomic E-state index is 12.5. The number of carbonyl (C=O) groups excluding carboxylic acids is 1. The SMILES string of the molecule is O=C(Nc1nc2n(n1)C1(CCCCC1)C1CCCCC1N2)c1ccccc1. The summed E-state index contributed by atoms with van der Waals surface area (Å²) in [5, 5.41) is 11.3. The third-order valence-corrected chi connectivity index (χ3v) is 6.78. The highest BCUT2D eigenvalue weighted by Crippen LogP contribution is 2.50. The number of fused-ring (bicyclic) bond motifs is 4. The zero-order valence-electron chi connectivity index (χ0n) is 15.7. The summed E-state index contributed by atoms with van der Waals surface area (Å²) in [4.78, 5) is 17.2. The van der Waals surface area contributed by atoms with Crippen molar-refractivity contribution in [3.8, 4) is 0 Å².